The van der Waals surface area contributed by atoms with Gasteiger partial charge in [0.15, 0.2) is 0 Å². The topological polar surface area (TPSA) is 50.1 Å². The van der Waals surface area contributed by atoms with Crippen molar-refractivity contribution in [3.05, 3.63) is 48.3 Å². The molecule has 21 heavy (non-hydrogen) atoms. The van der Waals surface area contributed by atoms with Gasteiger partial charge in [-0.1, -0.05) is 18.6 Å². The number of rotatable bonds is 5. The molecule has 0 saturated heterocycles. The molecule has 1 aliphatic rings. The molecule has 1 aromatic carbocycles. The molecule has 0 amide bonds. The summed E-state index contributed by atoms with van der Waals surface area (Å²) in [5.41, 5.74) is 2.36. The van der Waals surface area contributed by atoms with Gasteiger partial charge in [0.2, 0.25) is 0 Å². The Morgan fingerprint density at radius 2 is 2.10 bits per heavy atom. The van der Waals surface area contributed by atoms with E-state index < -0.39 is 0 Å². The summed E-state index contributed by atoms with van der Waals surface area (Å²) in [5, 5.41) is 17.4. The molecule has 4 nitrogen and oxygen atoms in total. The maximum atomic E-state index is 9.68. The fraction of sp³-hybridized carbons (Fsp3) is 0.471. The standard InChI is InChI=1S/C17H23N3O/c21-17-4-1-3-15(11-17)13-18-12-14-5-7-16(8-6-14)20-10-2-9-19-20/h2,5-10,15,17-18,21H,1,3-4,11-13H2. The van der Waals surface area contributed by atoms with E-state index in [1.807, 2.05) is 16.9 Å². The predicted molar refractivity (Wildman–Crippen MR) is 83.2 cm³/mol. The van der Waals surface area contributed by atoms with Crippen LogP contribution in [-0.2, 0) is 6.54 Å². The lowest BCUT2D eigenvalue weighted by atomic mass is 9.87. The van der Waals surface area contributed by atoms with Gasteiger partial charge in [0.1, 0.15) is 0 Å². The van der Waals surface area contributed by atoms with Crippen molar-refractivity contribution < 1.29 is 5.11 Å². The van der Waals surface area contributed by atoms with Crippen LogP contribution in [0, 0.1) is 5.92 Å². The second-order valence-corrected chi connectivity index (χ2v) is 5.93. The molecule has 2 N–H and O–H groups in total. The summed E-state index contributed by atoms with van der Waals surface area (Å²) in [6.07, 6.45) is 7.97. The van der Waals surface area contributed by atoms with Gasteiger partial charge in [0.05, 0.1) is 11.8 Å². The lowest BCUT2D eigenvalue weighted by Gasteiger charge is -2.26. The first-order valence-corrected chi connectivity index (χ1v) is 7.79. The van der Waals surface area contributed by atoms with Crippen molar-refractivity contribution in [2.45, 2.75) is 38.3 Å². The van der Waals surface area contributed by atoms with Gasteiger partial charge in [-0.2, -0.15) is 5.10 Å². The molecule has 2 atom stereocenters. The maximum absolute atomic E-state index is 9.68. The summed E-state index contributed by atoms with van der Waals surface area (Å²) in [6.45, 7) is 1.88. The van der Waals surface area contributed by atoms with Crippen LogP contribution in [0.15, 0.2) is 42.7 Å². The van der Waals surface area contributed by atoms with E-state index in [1.165, 1.54) is 12.0 Å². The van der Waals surface area contributed by atoms with E-state index >= 15 is 0 Å². The smallest absolute Gasteiger partial charge is 0.0645 e. The SMILES string of the molecule is OC1CCCC(CNCc2ccc(-n3cccn3)cc2)C1. The summed E-state index contributed by atoms with van der Waals surface area (Å²) in [5.74, 6) is 0.622. The zero-order valence-electron chi connectivity index (χ0n) is 12.3. The third-order valence-corrected chi connectivity index (χ3v) is 4.22. The maximum Gasteiger partial charge on any atom is 0.0645 e. The molecule has 1 saturated carbocycles. The Kier molecular flexibility index (Phi) is 4.68. The van der Waals surface area contributed by atoms with Gasteiger partial charge >= 0.3 is 0 Å². The Morgan fingerprint density at radius 1 is 1.24 bits per heavy atom. The first-order valence-electron chi connectivity index (χ1n) is 7.79. The number of hydrogen-bond acceptors (Lipinski definition) is 3. The Bertz CT molecular complexity index is 536. The van der Waals surface area contributed by atoms with Crippen LogP contribution in [0.2, 0.25) is 0 Å². The van der Waals surface area contributed by atoms with Gasteiger partial charge in [-0.25, -0.2) is 4.68 Å². The molecule has 0 radical (unpaired) electrons. The molecule has 2 aromatic rings. The van der Waals surface area contributed by atoms with Crippen molar-refractivity contribution in [1.82, 2.24) is 15.1 Å². The van der Waals surface area contributed by atoms with Crippen LogP contribution < -0.4 is 5.32 Å². The zero-order chi connectivity index (χ0) is 14.5. The Morgan fingerprint density at radius 3 is 2.81 bits per heavy atom. The molecule has 0 bridgehead atoms. The molecule has 4 heteroatoms. The molecule has 112 valence electrons. The summed E-state index contributed by atoms with van der Waals surface area (Å²) < 4.78 is 1.86. The number of benzene rings is 1. The van der Waals surface area contributed by atoms with Crippen LogP contribution in [0.3, 0.4) is 0 Å². The fourth-order valence-electron chi connectivity index (χ4n) is 3.06. The van der Waals surface area contributed by atoms with Crippen LogP contribution in [0.25, 0.3) is 5.69 Å². The van der Waals surface area contributed by atoms with Crippen LogP contribution >= 0.6 is 0 Å². The first kappa shape index (κ1) is 14.3. The summed E-state index contributed by atoms with van der Waals surface area (Å²) in [7, 11) is 0. The highest BCUT2D eigenvalue weighted by atomic mass is 16.3. The van der Waals surface area contributed by atoms with Gasteiger partial charge in [0, 0.05) is 18.9 Å². The molecule has 0 spiro atoms. The van der Waals surface area contributed by atoms with E-state index in [9.17, 15) is 5.11 Å². The first-order chi connectivity index (χ1) is 10.3. The van der Waals surface area contributed by atoms with E-state index in [-0.39, 0.29) is 6.10 Å². The van der Waals surface area contributed by atoms with E-state index in [0.29, 0.717) is 5.92 Å². The second-order valence-electron chi connectivity index (χ2n) is 5.93. The van der Waals surface area contributed by atoms with Gasteiger partial charge in [-0.3, -0.25) is 0 Å². The van der Waals surface area contributed by atoms with Crippen molar-refractivity contribution in [3.8, 4) is 5.69 Å². The molecule has 2 unspecified atom stereocenters. The van der Waals surface area contributed by atoms with E-state index in [0.717, 1.165) is 38.0 Å². The van der Waals surface area contributed by atoms with Gasteiger partial charge < -0.3 is 10.4 Å². The minimum absolute atomic E-state index is 0.0843. The highest BCUT2D eigenvalue weighted by Gasteiger charge is 2.19. The number of hydrogen-bond donors (Lipinski definition) is 2. The average molecular weight is 285 g/mol. The van der Waals surface area contributed by atoms with E-state index in [1.54, 1.807) is 6.20 Å². The van der Waals surface area contributed by atoms with Crippen molar-refractivity contribution in [3.63, 3.8) is 0 Å². The molecular weight excluding hydrogens is 262 g/mol. The Labute approximate surface area is 125 Å². The largest absolute Gasteiger partial charge is 0.393 e. The molecular formula is C17H23N3O. The highest BCUT2D eigenvalue weighted by Crippen LogP contribution is 2.23. The second kappa shape index (κ2) is 6.87. The van der Waals surface area contributed by atoms with Crippen molar-refractivity contribution in [2.75, 3.05) is 6.54 Å². The minimum Gasteiger partial charge on any atom is -0.393 e. The summed E-state index contributed by atoms with van der Waals surface area (Å²) >= 11 is 0. The number of aromatic nitrogens is 2. The molecule has 1 aromatic heterocycles. The third kappa shape index (κ3) is 3.93. The van der Waals surface area contributed by atoms with Crippen LogP contribution in [0.1, 0.15) is 31.2 Å². The average Bonchev–Trinajstić information content (AvgIpc) is 3.02. The quantitative estimate of drug-likeness (QED) is 0.887. The normalized spacial score (nSPS) is 22.3. The lowest BCUT2D eigenvalue weighted by molar-refractivity contribution is 0.101. The third-order valence-electron chi connectivity index (χ3n) is 4.22. The number of nitrogens with zero attached hydrogens (tertiary/aromatic N) is 2. The van der Waals surface area contributed by atoms with Crippen LogP contribution in [0.4, 0.5) is 0 Å². The number of aliphatic hydroxyl groups excluding tert-OH is 1. The molecule has 0 aliphatic heterocycles. The monoisotopic (exact) mass is 285 g/mol. The van der Waals surface area contributed by atoms with Crippen LogP contribution in [-0.4, -0.2) is 27.5 Å². The Balaban J connectivity index is 1.47. The zero-order valence-corrected chi connectivity index (χ0v) is 12.3. The van der Waals surface area contributed by atoms with Crippen molar-refractivity contribution >= 4 is 0 Å². The molecule has 1 aliphatic carbocycles. The summed E-state index contributed by atoms with van der Waals surface area (Å²) in [4.78, 5) is 0. The van der Waals surface area contributed by atoms with Gasteiger partial charge in [-0.15, -0.1) is 0 Å². The molecule has 3 rings (SSSR count). The number of nitrogens with one attached hydrogen (secondary N) is 1. The van der Waals surface area contributed by atoms with Gasteiger partial charge in [0.25, 0.3) is 0 Å². The molecule has 1 fully saturated rings. The highest BCUT2D eigenvalue weighted by molar-refractivity contribution is 5.33. The van der Waals surface area contributed by atoms with E-state index in [2.05, 4.69) is 34.7 Å². The minimum atomic E-state index is -0.0843. The van der Waals surface area contributed by atoms with Crippen molar-refractivity contribution in [2.24, 2.45) is 5.92 Å². The van der Waals surface area contributed by atoms with Gasteiger partial charge in [-0.05, 0) is 55.5 Å². The van der Waals surface area contributed by atoms with E-state index in [4.69, 9.17) is 0 Å². The lowest BCUT2D eigenvalue weighted by Crippen LogP contribution is -2.28. The fourth-order valence-corrected chi connectivity index (χ4v) is 3.06. The summed E-state index contributed by atoms with van der Waals surface area (Å²) in [6, 6.07) is 10.4. The number of aliphatic hydroxyl groups is 1. The van der Waals surface area contributed by atoms with Crippen LogP contribution in [0.5, 0.6) is 0 Å². The van der Waals surface area contributed by atoms with Crippen molar-refractivity contribution in [1.29, 1.82) is 0 Å². The predicted octanol–water partition coefficient (Wildman–Crippen LogP) is 2.51. The Hall–Kier alpha value is -1.65. The molecule has 1 heterocycles.